The summed E-state index contributed by atoms with van der Waals surface area (Å²) in [6.07, 6.45) is 0. The number of nitrogens with zero attached hydrogens (tertiary/aromatic N) is 1. The monoisotopic (exact) mass is 485 g/mol. The van der Waals surface area contributed by atoms with Gasteiger partial charge in [0.25, 0.3) is 0 Å². The van der Waals surface area contributed by atoms with Gasteiger partial charge in [-0.3, -0.25) is 0 Å². The predicted molar refractivity (Wildman–Crippen MR) is 129 cm³/mol. The first-order valence-corrected chi connectivity index (χ1v) is 17.6. The Morgan fingerprint density at radius 3 is 1.06 bits per heavy atom. The van der Waals surface area contributed by atoms with Crippen molar-refractivity contribution in [2.45, 2.75) is 40.1 Å². The van der Waals surface area contributed by atoms with Gasteiger partial charge in [0.1, 0.15) is 0 Å². The summed E-state index contributed by atoms with van der Waals surface area (Å²) in [5.74, 6) is 0. The fraction of sp³-hybridized carbons (Fsp3) is 0.241. The van der Waals surface area contributed by atoms with Gasteiger partial charge in [-0.2, -0.15) is 0 Å². The van der Waals surface area contributed by atoms with Gasteiger partial charge in [-0.1, -0.05) is 0 Å². The van der Waals surface area contributed by atoms with E-state index in [1.54, 1.807) is 0 Å². The second-order valence-electron chi connectivity index (χ2n) is 8.97. The van der Waals surface area contributed by atoms with Crippen LogP contribution in [0.15, 0.2) is 91.0 Å². The number of benzene rings is 3. The molecular weight excluding hydrogens is 454 g/mol. The molecule has 0 saturated carbocycles. The van der Waals surface area contributed by atoms with Crippen LogP contribution in [0.4, 0.5) is 0 Å². The zero-order valence-electron chi connectivity index (χ0n) is 19.2. The van der Waals surface area contributed by atoms with Crippen LogP contribution in [-0.4, -0.2) is 2.51 Å². The molecule has 0 aliphatic heterocycles. The summed E-state index contributed by atoms with van der Waals surface area (Å²) >= 11 is -3.10. The summed E-state index contributed by atoms with van der Waals surface area (Å²) in [5.41, 5.74) is 10.3. The van der Waals surface area contributed by atoms with E-state index in [1.807, 2.05) is 0 Å². The van der Waals surface area contributed by atoms with E-state index in [2.05, 4.69) is 121 Å². The Balaban J connectivity index is 1.94. The normalized spacial score (nSPS) is 11.6. The number of rotatable bonds is 7. The number of aromatic nitrogens is 1. The van der Waals surface area contributed by atoms with E-state index in [9.17, 15) is 0 Å². The zero-order chi connectivity index (χ0) is 21.8. The Hall–Kier alpha value is -2.18. The van der Waals surface area contributed by atoms with Gasteiger partial charge >= 0.3 is 193 Å². The third kappa shape index (κ3) is 4.70. The van der Waals surface area contributed by atoms with Crippen molar-refractivity contribution in [1.29, 1.82) is 0 Å². The van der Waals surface area contributed by atoms with Crippen molar-refractivity contribution in [1.82, 2.24) is 2.51 Å². The molecule has 0 bridgehead atoms. The summed E-state index contributed by atoms with van der Waals surface area (Å²) in [5, 5.41) is 0. The molecule has 0 radical (unpaired) electrons. The molecule has 31 heavy (non-hydrogen) atoms. The van der Waals surface area contributed by atoms with Gasteiger partial charge in [0, 0.05) is 0 Å². The molecule has 0 aliphatic rings. The van der Waals surface area contributed by atoms with Crippen molar-refractivity contribution in [3.63, 3.8) is 0 Å². The Morgan fingerprint density at radius 2 is 0.774 bits per heavy atom. The van der Waals surface area contributed by atoms with Crippen LogP contribution in [0.5, 0.6) is 0 Å². The standard InChI is InChI=1S/C8H12N.3C7H7.Zr/c1-5-6(2)8(4)9-7(5)3;3*1-7-5-3-2-4-6-7;/h1-4H3;3*2-6H,1H2;/q-1;;;;+1. The first-order chi connectivity index (χ1) is 15.0. The average molecular weight is 487 g/mol. The summed E-state index contributed by atoms with van der Waals surface area (Å²) in [4.78, 5) is 0. The third-order valence-corrected chi connectivity index (χ3v) is 18.8. The molecule has 4 rings (SSSR count). The summed E-state index contributed by atoms with van der Waals surface area (Å²) in [6.45, 7) is 9.31. The second kappa shape index (κ2) is 9.53. The molecule has 0 fully saturated rings. The number of hydrogen-bond donors (Lipinski definition) is 0. The molecule has 0 atom stereocenters. The molecule has 0 saturated heterocycles. The van der Waals surface area contributed by atoms with Crippen molar-refractivity contribution in [3.8, 4) is 0 Å². The quantitative estimate of drug-likeness (QED) is 0.259. The molecule has 158 valence electrons. The van der Waals surface area contributed by atoms with Crippen LogP contribution in [0.25, 0.3) is 0 Å². The van der Waals surface area contributed by atoms with Crippen LogP contribution >= 0.6 is 0 Å². The molecule has 1 heterocycles. The van der Waals surface area contributed by atoms with Crippen molar-refractivity contribution in [2.24, 2.45) is 0 Å². The van der Waals surface area contributed by atoms with E-state index < -0.39 is 20.6 Å². The Bertz CT molecular complexity index is 1000. The van der Waals surface area contributed by atoms with Gasteiger partial charge in [-0.25, -0.2) is 0 Å². The molecule has 0 N–H and O–H groups in total. The van der Waals surface area contributed by atoms with E-state index in [0.717, 1.165) is 0 Å². The third-order valence-electron chi connectivity index (χ3n) is 6.92. The Morgan fingerprint density at radius 1 is 0.484 bits per heavy atom. The summed E-state index contributed by atoms with van der Waals surface area (Å²) < 4.78 is 6.48. The van der Waals surface area contributed by atoms with Crippen LogP contribution in [0.1, 0.15) is 39.2 Å². The molecule has 1 nitrogen and oxygen atoms in total. The topological polar surface area (TPSA) is 4.93 Å². The van der Waals surface area contributed by atoms with E-state index in [4.69, 9.17) is 0 Å². The molecule has 0 unspecified atom stereocenters. The maximum atomic E-state index is 2.87. The minimum atomic E-state index is -3.10. The molecule has 4 aromatic rings. The van der Waals surface area contributed by atoms with Gasteiger partial charge in [-0.15, -0.1) is 0 Å². The molecule has 0 aliphatic carbocycles. The van der Waals surface area contributed by atoms with E-state index in [-0.39, 0.29) is 0 Å². The first-order valence-electron chi connectivity index (χ1n) is 11.3. The van der Waals surface area contributed by atoms with Crippen molar-refractivity contribution in [2.75, 3.05) is 0 Å². The van der Waals surface area contributed by atoms with E-state index in [1.165, 1.54) is 51.6 Å². The second-order valence-corrected chi connectivity index (χ2v) is 18.7. The average Bonchev–Trinajstić information content (AvgIpc) is 2.98. The molecule has 3 aromatic carbocycles. The number of hydrogen-bond acceptors (Lipinski definition) is 0. The fourth-order valence-electron chi connectivity index (χ4n) is 5.19. The maximum absolute atomic E-state index is 3.10. The van der Waals surface area contributed by atoms with Crippen molar-refractivity contribution < 1.29 is 20.6 Å². The Labute approximate surface area is 192 Å². The minimum absolute atomic E-state index is 1.20. The molecule has 1 aromatic heterocycles. The van der Waals surface area contributed by atoms with Crippen molar-refractivity contribution in [3.05, 3.63) is 130 Å². The van der Waals surface area contributed by atoms with E-state index >= 15 is 0 Å². The zero-order valence-corrected chi connectivity index (χ0v) is 21.7. The summed E-state index contributed by atoms with van der Waals surface area (Å²) in [6, 6.07) is 33.6. The van der Waals surface area contributed by atoms with Gasteiger partial charge in [0.15, 0.2) is 0 Å². The SMILES string of the molecule is Cc1c(C)c(C)[n]([Zr]([CH2]c2ccccc2)([CH2]c2ccccc2)[CH2]c2ccccc2)c1C. The Kier molecular flexibility index (Phi) is 6.78. The van der Waals surface area contributed by atoms with Gasteiger partial charge in [-0.05, 0) is 0 Å². The van der Waals surface area contributed by atoms with Crippen molar-refractivity contribution >= 4 is 0 Å². The first kappa shape index (κ1) is 22.0. The van der Waals surface area contributed by atoms with Crippen LogP contribution in [0, 0.1) is 27.7 Å². The van der Waals surface area contributed by atoms with Crippen LogP contribution in [0.3, 0.4) is 0 Å². The van der Waals surface area contributed by atoms with Crippen LogP contribution < -0.4 is 0 Å². The van der Waals surface area contributed by atoms with E-state index in [0.29, 0.717) is 0 Å². The molecular formula is C29H33NZr. The fourth-order valence-corrected chi connectivity index (χ4v) is 18.9. The van der Waals surface area contributed by atoms with Gasteiger partial charge in [0.05, 0.1) is 0 Å². The van der Waals surface area contributed by atoms with Crippen LogP contribution in [0.2, 0.25) is 0 Å². The van der Waals surface area contributed by atoms with Gasteiger partial charge < -0.3 is 0 Å². The van der Waals surface area contributed by atoms with Gasteiger partial charge in [0.2, 0.25) is 0 Å². The predicted octanol–water partition coefficient (Wildman–Crippen LogP) is 7.24. The van der Waals surface area contributed by atoms with Crippen LogP contribution in [-0.2, 0) is 32.9 Å². The summed E-state index contributed by atoms with van der Waals surface area (Å²) in [7, 11) is 0. The molecule has 0 spiro atoms. The molecule has 0 amide bonds. The molecule has 2 heteroatoms.